The van der Waals surface area contributed by atoms with Crippen LogP contribution in [0.3, 0.4) is 0 Å². The molecule has 0 saturated heterocycles. The molecule has 0 amide bonds. The number of hydrogen-bond donors (Lipinski definition) is 0. The van der Waals surface area contributed by atoms with Crippen LogP contribution < -0.4 is 0 Å². The molecule has 84 valence electrons. The summed E-state index contributed by atoms with van der Waals surface area (Å²) in [5, 5.41) is 0. The van der Waals surface area contributed by atoms with Crippen molar-refractivity contribution in [2.24, 2.45) is 5.41 Å². The summed E-state index contributed by atoms with van der Waals surface area (Å²) in [5.41, 5.74) is 1.26. The summed E-state index contributed by atoms with van der Waals surface area (Å²) < 4.78 is 11.6. The van der Waals surface area contributed by atoms with Gasteiger partial charge in [0.15, 0.2) is 0 Å². The second kappa shape index (κ2) is 5.28. The first-order valence-corrected chi connectivity index (χ1v) is 7.43. The maximum atomic E-state index is 5.78. The summed E-state index contributed by atoms with van der Waals surface area (Å²) in [6, 6.07) is 0. The molecule has 1 fully saturated rings. The lowest BCUT2D eigenvalue weighted by Crippen LogP contribution is -2.28. The Bertz CT molecular complexity index is 165. The summed E-state index contributed by atoms with van der Waals surface area (Å²) in [6.07, 6.45) is 3.94. The van der Waals surface area contributed by atoms with Crippen LogP contribution in [-0.2, 0) is 8.85 Å². The Morgan fingerprint density at radius 1 is 1.21 bits per heavy atom. The van der Waals surface area contributed by atoms with E-state index in [0.29, 0.717) is 5.41 Å². The molecule has 1 saturated carbocycles. The van der Waals surface area contributed by atoms with Crippen LogP contribution in [0.25, 0.3) is 0 Å². The fourth-order valence-corrected chi connectivity index (χ4v) is 4.94. The lowest BCUT2D eigenvalue weighted by molar-refractivity contribution is 0.201. The van der Waals surface area contributed by atoms with Gasteiger partial charge in [-0.2, -0.15) is 0 Å². The van der Waals surface area contributed by atoms with Crippen molar-refractivity contribution < 1.29 is 8.85 Å². The molecule has 0 N–H and O–H groups in total. The SMILES string of the molecule is CCO[SiH](OCC)C1CCC(C)(C)C1. The fraction of sp³-hybridized carbons (Fsp3) is 1.00. The average molecular weight is 216 g/mol. The summed E-state index contributed by atoms with van der Waals surface area (Å²) in [6.45, 7) is 10.5. The van der Waals surface area contributed by atoms with Crippen LogP contribution in [0.4, 0.5) is 0 Å². The van der Waals surface area contributed by atoms with E-state index in [2.05, 4.69) is 27.7 Å². The fourth-order valence-electron chi connectivity index (χ4n) is 2.37. The maximum absolute atomic E-state index is 5.78. The highest BCUT2D eigenvalue weighted by Crippen LogP contribution is 2.45. The van der Waals surface area contributed by atoms with Gasteiger partial charge in [0, 0.05) is 18.8 Å². The molecule has 1 unspecified atom stereocenters. The Labute approximate surface area is 89.8 Å². The molecule has 1 atom stereocenters. The third kappa shape index (κ3) is 3.37. The van der Waals surface area contributed by atoms with Gasteiger partial charge < -0.3 is 8.85 Å². The third-order valence-corrected chi connectivity index (χ3v) is 5.72. The Balaban J connectivity index is 2.44. The van der Waals surface area contributed by atoms with E-state index in [4.69, 9.17) is 8.85 Å². The highest BCUT2D eigenvalue weighted by atomic mass is 28.3. The molecule has 14 heavy (non-hydrogen) atoms. The molecule has 0 spiro atoms. The minimum absolute atomic E-state index is 0.518. The van der Waals surface area contributed by atoms with Gasteiger partial charge in [-0.05, 0) is 38.5 Å². The van der Waals surface area contributed by atoms with E-state index in [9.17, 15) is 0 Å². The van der Waals surface area contributed by atoms with Crippen molar-refractivity contribution in [1.29, 1.82) is 0 Å². The van der Waals surface area contributed by atoms with Gasteiger partial charge in [0.25, 0.3) is 0 Å². The number of rotatable bonds is 5. The normalized spacial score (nSPS) is 25.9. The molecular weight excluding hydrogens is 192 g/mol. The second-order valence-electron chi connectivity index (χ2n) is 4.95. The first-order valence-electron chi connectivity index (χ1n) is 5.82. The Morgan fingerprint density at radius 2 is 1.79 bits per heavy atom. The van der Waals surface area contributed by atoms with E-state index in [0.717, 1.165) is 18.8 Å². The van der Waals surface area contributed by atoms with Crippen molar-refractivity contribution in [3.05, 3.63) is 0 Å². The summed E-state index contributed by atoms with van der Waals surface area (Å²) >= 11 is 0. The van der Waals surface area contributed by atoms with Crippen molar-refractivity contribution >= 4 is 9.28 Å². The predicted octanol–water partition coefficient (Wildman–Crippen LogP) is 2.86. The van der Waals surface area contributed by atoms with Gasteiger partial charge in [0.2, 0.25) is 0 Å². The van der Waals surface area contributed by atoms with E-state index >= 15 is 0 Å². The Kier molecular flexibility index (Phi) is 4.61. The Hall–Kier alpha value is 0.137. The molecule has 2 nitrogen and oxygen atoms in total. The van der Waals surface area contributed by atoms with E-state index in [-0.39, 0.29) is 0 Å². The Morgan fingerprint density at radius 3 is 2.14 bits per heavy atom. The van der Waals surface area contributed by atoms with E-state index < -0.39 is 9.28 Å². The third-order valence-electron chi connectivity index (χ3n) is 3.05. The lowest BCUT2D eigenvalue weighted by atomic mass is 9.92. The summed E-state index contributed by atoms with van der Waals surface area (Å²) in [7, 11) is -1.37. The van der Waals surface area contributed by atoms with Crippen molar-refractivity contribution in [1.82, 2.24) is 0 Å². The smallest absolute Gasteiger partial charge is 0.324 e. The van der Waals surface area contributed by atoms with Crippen LogP contribution in [0.15, 0.2) is 0 Å². The van der Waals surface area contributed by atoms with Crippen LogP contribution in [-0.4, -0.2) is 22.5 Å². The van der Waals surface area contributed by atoms with E-state index in [1.807, 2.05) is 0 Å². The van der Waals surface area contributed by atoms with E-state index in [1.54, 1.807) is 0 Å². The van der Waals surface area contributed by atoms with Crippen LogP contribution in [0.2, 0.25) is 5.54 Å². The van der Waals surface area contributed by atoms with Crippen molar-refractivity contribution in [2.75, 3.05) is 13.2 Å². The molecule has 1 aliphatic rings. The minimum Gasteiger partial charge on any atom is -0.397 e. The molecule has 0 aromatic heterocycles. The molecule has 0 radical (unpaired) electrons. The number of hydrogen-bond acceptors (Lipinski definition) is 2. The maximum Gasteiger partial charge on any atom is 0.324 e. The monoisotopic (exact) mass is 216 g/mol. The van der Waals surface area contributed by atoms with Gasteiger partial charge in [0.1, 0.15) is 0 Å². The zero-order chi connectivity index (χ0) is 10.6. The molecule has 0 bridgehead atoms. The van der Waals surface area contributed by atoms with Gasteiger partial charge in [-0.1, -0.05) is 13.8 Å². The minimum atomic E-state index is -1.37. The second-order valence-corrected chi connectivity index (χ2v) is 7.29. The molecule has 0 aliphatic heterocycles. The molecule has 1 aliphatic carbocycles. The highest BCUT2D eigenvalue weighted by Gasteiger charge is 2.37. The van der Waals surface area contributed by atoms with Gasteiger partial charge in [-0.25, -0.2) is 0 Å². The first-order chi connectivity index (χ1) is 6.59. The molecular formula is C11H24O2Si. The van der Waals surface area contributed by atoms with Crippen molar-refractivity contribution in [3.8, 4) is 0 Å². The highest BCUT2D eigenvalue weighted by molar-refractivity contribution is 6.46. The molecule has 0 aromatic rings. The van der Waals surface area contributed by atoms with Gasteiger partial charge in [0.05, 0.1) is 0 Å². The topological polar surface area (TPSA) is 18.5 Å². The van der Waals surface area contributed by atoms with Crippen molar-refractivity contribution in [3.63, 3.8) is 0 Å². The predicted molar refractivity (Wildman–Crippen MR) is 61.8 cm³/mol. The first kappa shape index (κ1) is 12.2. The standard InChI is InChI=1S/C11H24O2Si/c1-5-12-14(13-6-2)10-7-8-11(3,4)9-10/h10,14H,5-9H2,1-4H3. The van der Waals surface area contributed by atoms with Crippen LogP contribution >= 0.6 is 0 Å². The van der Waals surface area contributed by atoms with Crippen LogP contribution in [0, 0.1) is 5.41 Å². The average Bonchev–Trinajstić information content (AvgIpc) is 2.46. The van der Waals surface area contributed by atoms with Crippen LogP contribution in [0.5, 0.6) is 0 Å². The van der Waals surface area contributed by atoms with Gasteiger partial charge in [-0.15, -0.1) is 0 Å². The van der Waals surface area contributed by atoms with Gasteiger partial charge in [-0.3, -0.25) is 0 Å². The molecule has 0 heterocycles. The zero-order valence-electron chi connectivity index (χ0n) is 10.0. The molecule has 1 rings (SSSR count). The quantitative estimate of drug-likeness (QED) is 0.658. The zero-order valence-corrected chi connectivity index (χ0v) is 11.2. The van der Waals surface area contributed by atoms with Crippen molar-refractivity contribution in [2.45, 2.75) is 52.5 Å². The summed E-state index contributed by atoms with van der Waals surface area (Å²) in [5.74, 6) is 0. The van der Waals surface area contributed by atoms with E-state index in [1.165, 1.54) is 19.3 Å². The molecule has 3 heteroatoms. The van der Waals surface area contributed by atoms with Gasteiger partial charge >= 0.3 is 9.28 Å². The van der Waals surface area contributed by atoms with Crippen LogP contribution in [0.1, 0.15) is 47.0 Å². The molecule has 0 aromatic carbocycles. The largest absolute Gasteiger partial charge is 0.397 e. The lowest BCUT2D eigenvalue weighted by Gasteiger charge is -2.22. The summed E-state index contributed by atoms with van der Waals surface area (Å²) in [4.78, 5) is 0.